The minimum absolute atomic E-state index is 0.0113. The number of aliphatic hydroxyl groups excluding tert-OH is 1. The van der Waals surface area contributed by atoms with Gasteiger partial charge in [0.05, 0.1) is 6.10 Å². The zero-order valence-corrected chi connectivity index (χ0v) is 17.3. The second-order valence-electron chi connectivity index (χ2n) is 8.01. The van der Waals surface area contributed by atoms with Crippen molar-refractivity contribution in [3.8, 4) is 34.3 Å². The standard InChI is InChI=1S/C23H24O8/c1-10-11(2)19(27)23(29-12(10)3)31-22-20(28)18-16(26)8-15(25)9-17(18)30-21(22)13-4-6-14(24)7-5-13/h4-12,19,23-27H,1-3H3. The summed E-state index contributed by atoms with van der Waals surface area (Å²) in [7, 11) is 0. The number of fused-ring (bicyclic) bond motifs is 1. The number of benzene rings is 2. The Bertz CT molecular complexity index is 1170. The van der Waals surface area contributed by atoms with Gasteiger partial charge in [-0.1, -0.05) is 13.8 Å². The summed E-state index contributed by atoms with van der Waals surface area (Å²) in [6.45, 7) is 5.70. The van der Waals surface area contributed by atoms with Gasteiger partial charge in [-0.05, 0) is 43.0 Å². The Kier molecular flexibility index (Phi) is 5.28. The van der Waals surface area contributed by atoms with Gasteiger partial charge < -0.3 is 34.3 Å². The second-order valence-corrected chi connectivity index (χ2v) is 8.01. The molecule has 1 saturated heterocycles. The molecule has 8 heteroatoms. The van der Waals surface area contributed by atoms with Crippen LogP contribution in [0.15, 0.2) is 45.6 Å². The van der Waals surface area contributed by atoms with Crippen LogP contribution in [0.2, 0.25) is 0 Å². The summed E-state index contributed by atoms with van der Waals surface area (Å²) in [5, 5.41) is 40.2. The predicted molar refractivity (Wildman–Crippen MR) is 112 cm³/mol. The summed E-state index contributed by atoms with van der Waals surface area (Å²) >= 11 is 0. The maximum atomic E-state index is 13.3. The summed E-state index contributed by atoms with van der Waals surface area (Å²) < 4.78 is 17.5. The highest BCUT2D eigenvalue weighted by molar-refractivity contribution is 5.88. The van der Waals surface area contributed by atoms with Gasteiger partial charge in [-0.25, -0.2) is 0 Å². The summed E-state index contributed by atoms with van der Waals surface area (Å²) in [5.74, 6) is -1.04. The second kappa shape index (κ2) is 7.79. The molecule has 5 unspecified atom stereocenters. The Morgan fingerprint density at radius 1 is 0.935 bits per heavy atom. The third-order valence-electron chi connectivity index (χ3n) is 6.02. The quantitative estimate of drug-likeness (QED) is 0.500. The first-order valence-electron chi connectivity index (χ1n) is 9.99. The van der Waals surface area contributed by atoms with Gasteiger partial charge in [-0.15, -0.1) is 0 Å². The normalized spacial score (nSPS) is 26.1. The van der Waals surface area contributed by atoms with Gasteiger partial charge >= 0.3 is 0 Å². The molecule has 4 rings (SSSR count). The fraction of sp³-hybridized carbons (Fsp3) is 0.348. The van der Waals surface area contributed by atoms with Gasteiger partial charge in [-0.3, -0.25) is 4.79 Å². The zero-order chi connectivity index (χ0) is 22.4. The highest BCUT2D eigenvalue weighted by atomic mass is 16.7. The maximum Gasteiger partial charge on any atom is 0.239 e. The van der Waals surface area contributed by atoms with Gasteiger partial charge in [0.25, 0.3) is 0 Å². The summed E-state index contributed by atoms with van der Waals surface area (Å²) in [4.78, 5) is 13.3. The Morgan fingerprint density at radius 2 is 1.61 bits per heavy atom. The van der Waals surface area contributed by atoms with E-state index in [2.05, 4.69) is 0 Å². The number of aromatic hydroxyl groups is 3. The third kappa shape index (κ3) is 3.68. The highest BCUT2D eigenvalue weighted by Gasteiger charge is 2.41. The van der Waals surface area contributed by atoms with E-state index in [-0.39, 0.29) is 51.9 Å². The van der Waals surface area contributed by atoms with Crippen LogP contribution in [0.3, 0.4) is 0 Å². The van der Waals surface area contributed by atoms with E-state index in [9.17, 15) is 25.2 Å². The molecule has 164 valence electrons. The molecule has 0 aliphatic carbocycles. The molecule has 4 N–H and O–H groups in total. The maximum absolute atomic E-state index is 13.3. The van der Waals surface area contributed by atoms with Crippen LogP contribution in [0.25, 0.3) is 22.3 Å². The number of phenolic OH excluding ortho intramolecular Hbond substituents is 3. The van der Waals surface area contributed by atoms with Gasteiger partial charge in [-0.2, -0.15) is 0 Å². The average Bonchev–Trinajstić information content (AvgIpc) is 2.72. The van der Waals surface area contributed by atoms with Crippen molar-refractivity contribution in [3.05, 3.63) is 46.6 Å². The predicted octanol–water partition coefficient (Wildman–Crippen LogP) is 3.33. The summed E-state index contributed by atoms with van der Waals surface area (Å²) in [6.07, 6.45) is -2.35. The zero-order valence-electron chi connectivity index (χ0n) is 17.3. The number of hydrogen-bond acceptors (Lipinski definition) is 8. The van der Waals surface area contributed by atoms with Crippen LogP contribution < -0.4 is 10.2 Å². The van der Waals surface area contributed by atoms with Crippen molar-refractivity contribution in [1.82, 2.24) is 0 Å². The molecule has 0 spiro atoms. The number of rotatable bonds is 3. The Balaban J connectivity index is 1.90. The fourth-order valence-corrected chi connectivity index (χ4v) is 3.79. The van der Waals surface area contributed by atoms with E-state index in [1.807, 2.05) is 20.8 Å². The molecule has 0 amide bonds. The van der Waals surface area contributed by atoms with E-state index >= 15 is 0 Å². The van der Waals surface area contributed by atoms with Crippen LogP contribution in [0.5, 0.6) is 23.0 Å². The molecule has 3 aromatic rings. The molecule has 0 radical (unpaired) electrons. The highest BCUT2D eigenvalue weighted by Crippen LogP contribution is 2.38. The molecule has 0 bridgehead atoms. The minimum atomic E-state index is -1.13. The monoisotopic (exact) mass is 428 g/mol. The SMILES string of the molecule is CC1OC(Oc2c(-c3ccc(O)cc3)oc3cc(O)cc(O)c3c2=O)C(O)C(C)C1C. The molecular weight excluding hydrogens is 404 g/mol. The van der Waals surface area contributed by atoms with Crippen LogP contribution in [0, 0.1) is 11.8 Å². The first-order chi connectivity index (χ1) is 14.7. The lowest BCUT2D eigenvalue weighted by atomic mass is 9.84. The van der Waals surface area contributed by atoms with Crippen molar-refractivity contribution >= 4 is 11.0 Å². The summed E-state index contributed by atoms with van der Waals surface area (Å²) in [6, 6.07) is 8.13. The molecule has 31 heavy (non-hydrogen) atoms. The van der Waals surface area contributed by atoms with Crippen LogP contribution in [-0.4, -0.2) is 38.9 Å². The van der Waals surface area contributed by atoms with Crippen molar-refractivity contribution in [2.24, 2.45) is 11.8 Å². The Morgan fingerprint density at radius 3 is 2.29 bits per heavy atom. The molecule has 0 saturated carbocycles. The van der Waals surface area contributed by atoms with Gasteiger partial charge in [0.2, 0.25) is 17.5 Å². The van der Waals surface area contributed by atoms with Crippen molar-refractivity contribution in [3.63, 3.8) is 0 Å². The van der Waals surface area contributed by atoms with Gasteiger partial charge in [0.15, 0.2) is 5.76 Å². The molecular formula is C23H24O8. The van der Waals surface area contributed by atoms with Crippen LogP contribution in [0.1, 0.15) is 20.8 Å². The lowest BCUT2D eigenvalue weighted by molar-refractivity contribution is -0.233. The molecule has 1 fully saturated rings. The first-order valence-corrected chi connectivity index (χ1v) is 9.99. The van der Waals surface area contributed by atoms with E-state index in [4.69, 9.17) is 13.9 Å². The van der Waals surface area contributed by atoms with Crippen molar-refractivity contribution < 1.29 is 34.3 Å². The number of hydrogen-bond donors (Lipinski definition) is 4. The number of ether oxygens (including phenoxy) is 2. The molecule has 1 aliphatic rings. The van der Waals surface area contributed by atoms with E-state index in [0.29, 0.717) is 5.56 Å². The number of phenols is 3. The smallest absolute Gasteiger partial charge is 0.239 e. The molecule has 5 atom stereocenters. The minimum Gasteiger partial charge on any atom is -0.508 e. The van der Waals surface area contributed by atoms with Crippen molar-refractivity contribution in [1.29, 1.82) is 0 Å². The van der Waals surface area contributed by atoms with Gasteiger partial charge in [0.1, 0.15) is 34.3 Å². The van der Waals surface area contributed by atoms with Crippen LogP contribution in [-0.2, 0) is 4.74 Å². The largest absolute Gasteiger partial charge is 0.508 e. The Hall–Kier alpha value is -3.23. The molecule has 8 nitrogen and oxygen atoms in total. The summed E-state index contributed by atoms with van der Waals surface area (Å²) in [5.41, 5.74) is -0.315. The molecule has 1 aromatic heterocycles. The lowest BCUT2D eigenvalue weighted by Crippen LogP contribution is -2.51. The van der Waals surface area contributed by atoms with Crippen LogP contribution in [0.4, 0.5) is 0 Å². The molecule has 2 heterocycles. The first kappa shape index (κ1) is 21.0. The topological polar surface area (TPSA) is 130 Å². The van der Waals surface area contributed by atoms with E-state index in [1.54, 1.807) is 0 Å². The van der Waals surface area contributed by atoms with E-state index < -0.39 is 23.6 Å². The lowest BCUT2D eigenvalue weighted by Gasteiger charge is -2.40. The number of aliphatic hydroxyl groups is 1. The van der Waals surface area contributed by atoms with E-state index in [1.165, 1.54) is 30.3 Å². The Labute approximate surface area is 177 Å². The average molecular weight is 428 g/mol. The van der Waals surface area contributed by atoms with Crippen molar-refractivity contribution in [2.75, 3.05) is 0 Å². The molecule has 1 aliphatic heterocycles. The van der Waals surface area contributed by atoms with Crippen molar-refractivity contribution in [2.45, 2.75) is 39.3 Å². The van der Waals surface area contributed by atoms with Gasteiger partial charge in [0, 0.05) is 17.7 Å². The fourth-order valence-electron chi connectivity index (χ4n) is 3.79. The van der Waals surface area contributed by atoms with E-state index in [0.717, 1.165) is 6.07 Å². The molecule has 2 aromatic carbocycles. The third-order valence-corrected chi connectivity index (χ3v) is 6.02. The van der Waals surface area contributed by atoms with Crippen LogP contribution >= 0.6 is 0 Å².